The van der Waals surface area contributed by atoms with Crippen LogP contribution < -0.4 is 0 Å². The van der Waals surface area contributed by atoms with Crippen molar-refractivity contribution >= 4 is 27.7 Å². The first-order valence-corrected chi connectivity index (χ1v) is 8.31. The van der Waals surface area contributed by atoms with E-state index in [4.69, 9.17) is 4.98 Å². The average Bonchev–Trinajstić information content (AvgIpc) is 3.12. The van der Waals surface area contributed by atoms with Crippen LogP contribution in [0.3, 0.4) is 0 Å². The van der Waals surface area contributed by atoms with Gasteiger partial charge in [-0.2, -0.15) is 0 Å². The van der Waals surface area contributed by atoms with Crippen molar-refractivity contribution in [1.82, 2.24) is 19.9 Å². The van der Waals surface area contributed by atoms with Gasteiger partial charge < -0.3 is 9.88 Å². The molecule has 1 aliphatic carbocycles. The van der Waals surface area contributed by atoms with Crippen LogP contribution in [0.2, 0.25) is 0 Å². The molecule has 1 atom stereocenters. The number of hydrogen-bond acceptors (Lipinski definition) is 3. The van der Waals surface area contributed by atoms with Crippen LogP contribution in [0.25, 0.3) is 21.8 Å². The molecule has 1 aliphatic heterocycles. The Bertz CT molecular complexity index is 912. The summed E-state index contributed by atoms with van der Waals surface area (Å²) in [6.07, 6.45) is 8.83. The number of fused-ring (bicyclic) bond motifs is 3. The fourth-order valence-corrected chi connectivity index (χ4v) is 3.78. The van der Waals surface area contributed by atoms with Gasteiger partial charge in [0.05, 0.1) is 5.69 Å². The monoisotopic (exact) mass is 306 g/mol. The summed E-state index contributed by atoms with van der Waals surface area (Å²) >= 11 is 0. The number of hydrogen-bond donors (Lipinski definition) is 1. The zero-order valence-corrected chi connectivity index (χ0v) is 12.8. The van der Waals surface area contributed by atoms with Crippen LogP contribution in [0.4, 0.5) is 0 Å². The smallest absolute Gasteiger partial charge is 0.225 e. The minimum absolute atomic E-state index is 0.301. The molecule has 5 heteroatoms. The zero-order chi connectivity index (χ0) is 15.4. The summed E-state index contributed by atoms with van der Waals surface area (Å²) in [6.45, 7) is 1.66. The zero-order valence-electron chi connectivity index (χ0n) is 12.8. The van der Waals surface area contributed by atoms with Gasteiger partial charge in [0, 0.05) is 59.7 Å². The molecule has 0 spiro atoms. The summed E-state index contributed by atoms with van der Waals surface area (Å²) in [4.78, 5) is 26.7. The Kier molecular flexibility index (Phi) is 2.71. The standard InChI is InChI=1S/C18H18N4O/c23-18(11-1-2-11)22-8-5-13(10-22)16-15-12(3-6-19-16)9-21-17-14(15)4-7-20-17/h3-4,6-7,9,11,13H,1-2,5,8,10H2,(H,20,21). The molecule has 2 aliphatic rings. The van der Waals surface area contributed by atoms with Crippen molar-refractivity contribution in [2.45, 2.75) is 25.2 Å². The van der Waals surface area contributed by atoms with Crippen molar-refractivity contribution in [3.05, 3.63) is 36.4 Å². The Hall–Kier alpha value is -2.43. The summed E-state index contributed by atoms with van der Waals surface area (Å²) in [7, 11) is 0. The van der Waals surface area contributed by atoms with Gasteiger partial charge >= 0.3 is 0 Å². The number of nitrogens with one attached hydrogen (secondary N) is 1. The number of nitrogens with zero attached hydrogens (tertiary/aromatic N) is 3. The van der Waals surface area contributed by atoms with Crippen LogP contribution in [0.1, 0.15) is 30.9 Å². The lowest BCUT2D eigenvalue weighted by molar-refractivity contribution is -0.131. The minimum Gasteiger partial charge on any atom is -0.346 e. The van der Waals surface area contributed by atoms with Crippen LogP contribution in [0, 0.1) is 5.92 Å². The number of H-pyrrole nitrogens is 1. The Balaban J connectivity index is 1.57. The first-order chi connectivity index (χ1) is 11.3. The minimum atomic E-state index is 0.301. The van der Waals surface area contributed by atoms with Crippen molar-refractivity contribution in [2.75, 3.05) is 13.1 Å². The van der Waals surface area contributed by atoms with E-state index >= 15 is 0 Å². The highest BCUT2D eigenvalue weighted by Crippen LogP contribution is 2.37. The van der Waals surface area contributed by atoms with Crippen LogP contribution >= 0.6 is 0 Å². The normalized spacial score (nSPS) is 21.4. The lowest BCUT2D eigenvalue weighted by atomic mass is 9.97. The van der Waals surface area contributed by atoms with E-state index in [-0.39, 0.29) is 0 Å². The van der Waals surface area contributed by atoms with Crippen LogP contribution in [0.15, 0.2) is 30.7 Å². The van der Waals surface area contributed by atoms with Crippen molar-refractivity contribution in [1.29, 1.82) is 0 Å². The van der Waals surface area contributed by atoms with Crippen LogP contribution in [0.5, 0.6) is 0 Å². The number of likely N-dealkylation sites (tertiary alicyclic amines) is 1. The molecule has 1 N–H and O–H groups in total. The SMILES string of the molecule is O=C(C1CC1)N1CCC(c2nccc3cnc4[nH]ccc4c23)C1. The molecule has 2 fully saturated rings. The third-order valence-corrected chi connectivity index (χ3v) is 5.15. The molecule has 1 amide bonds. The second-order valence-corrected chi connectivity index (χ2v) is 6.70. The number of aromatic nitrogens is 3. The van der Waals surface area contributed by atoms with Crippen molar-refractivity contribution in [2.24, 2.45) is 5.92 Å². The van der Waals surface area contributed by atoms with E-state index in [1.54, 1.807) is 0 Å². The molecule has 1 saturated carbocycles. The van der Waals surface area contributed by atoms with Crippen LogP contribution in [-0.2, 0) is 4.79 Å². The first-order valence-electron chi connectivity index (χ1n) is 8.31. The van der Waals surface area contributed by atoms with E-state index in [1.165, 1.54) is 5.39 Å². The molecule has 3 aromatic heterocycles. The lowest BCUT2D eigenvalue weighted by Crippen LogP contribution is -2.29. The van der Waals surface area contributed by atoms with Gasteiger partial charge in [0.15, 0.2) is 0 Å². The Morgan fingerprint density at radius 3 is 3.00 bits per heavy atom. The fourth-order valence-electron chi connectivity index (χ4n) is 3.78. The molecule has 116 valence electrons. The number of carbonyl (C=O) groups excluding carboxylic acids is 1. The van der Waals surface area contributed by atoms with Crippen molar-refractivity contribution < 1.29 is 4.79 Å². The summed E-state index contributed by atoms with van der Waals surface area (Å²) in [5, 5.41) is 3.43. The first kappa shape index (κ1) is 13.0. The lowest BCUT2D eigenvalue weighted by Gasteiger charge is -2.17. The summed E-state index contributed by atoms with van der Waals surface area (Å²) in [6, 6.07) is 4.08. The Labute approximate surface area is 133 Å². The van der Waals surface area contributed by atoms with E-state index in [2.05, 4.69) is 16.0 Å². The second-order valence-electron chi connectivity index (χ2n) is 6.70. The molecule has 5 rings (SSSR count). The Morgan fingerprint density at radius 2 is 2.13 bits per heavy atom. The van der Waals surface area contributed by atoms with Gasteiger partial charge in [-0.1, -0.05) is 0 Å². The van der Waals surface area contributed by atoms with E-state index in [1.807, 2.05) is 29.6 Å². The molecule has 3 aromatic rings. The number of pyridine rings is 2. The Morgan fingerprint density at radius 1 is 1.22 bits per heavy atom. The summed E-state index contributed by atoms with van der Waals surface area (Å²) < 4.78 is 0. The summed E-state index contributed by atoms with van der Waals surface area (Å²) in [5.74, 6) is 0.970. The van der Waals surface area contributed by atoms with E-state index in [0.29, 0.717) is 17.7 Å². The van der Waals surface area contributed by atoms with E-state index < -0.39 is 0 Å². The fraction of sp³-hybridized carbons (Fsp3) is 0.389. The van der Waals surface area contributed by atoms with Crippen molar-refractivity contribution in [3.63, 3.8) is 0 Å². The molecule has 1 saturated heterocycles. The van der Waals surface area contributed by atoms with Crippen molar-refractivity contribution in [3.8, 4) is 0 Å². The van der Waals surface area contributed by atoms with Gasteiger partial charge in [0.1, 0.15) is 5.65 Å². The molecule has 0 aromatic carbocycles. The number of amides is 1. The van der Waals surface area contributed by atoms with Gasteiger partial charge in [0.2, 0.25) is 5.91 Å². The van der Waals surface area contributed by atoms with Gasteiger partial charge in [-0.05, 0) is 31.4 Å². The molecular weight excluding hydrogens is 288 g/mol. The topological polar surface area (TPSA) is 61.9 Å². The molecule has 5 nitrogen and oxygen atoms in total. The average molecular weight is 306 g/mol. The summed E-state index contributed by atoms with van der Waals surface area (Å²) in [5.41, 5.74) is 2.01. The van der Waals surface area contributed by atoms with Gasteiger partial charge in [-0.3, -0.25) is 9.78 Å². The maximum absolute atomic E-state index is 12.3. The van der Waals surface area contributed by atoms with Gasteiger partial charge in [-0.25, -0.2) is 4.98 Å². The number of carbonyl (C=O) groups is 1. The molecule has 4 heterocycles. The predicted octanol–water partition coefficient (Wildman–Crippen LogP) is 2.84. The third-order valence-electron chi connectivity index (χ3n) is 5.15. The van der Waals surface area contributed by atoms with Gasteiger partial charge in [-0.15, -0.1) is 0 Å². The predicted molar refractivity (Wildman–Crippen MR) is 88.1 cm³/mol. The highest BCUT2D eigenvalue weighted by atomic mass is 16.2. The van der Waals surface area contributed by atoms with E-state index in [9.17, 15) is 4.79 Å². The van der Waals surface area contributed by atoms with E-state index in [0.717, 1.165) is 54.5 Å². The maximum atomic E-state index is 12.3. The molecule has 23 heavy (non-hydrogen) atoms. The largest absolute Gasteiger partial charge is 0.346 e. The quantitative estimate of drug-likeness (QED) is 0.792. The second kappa shape index (κ2) is 4.78. The molecule has 0 bridgehead atoms. The van der Waals surface area contributed by atoms with Gasteiger partial charge in [0.25, 0.3) is 0 Å². The maximum Gasteiger partial charge on any atom is 0.225 e. The third kappa shape index (κ3) is 2.03. The molecule has 0 radical (unpaired) electrons. The number of rotatable bonds is 2. The molecule has 1 unspecified atom stereocenters. The molecular formula is C18H18N4O. The highest BCUT2D eigenvalue weighted by Gasteiger charge is 2.37. The van der Waals surface area contributed by atoms with Crippen LogP contribution in [-0.4, -0.2) is 38.8 Å². The highest BCUT2D eigenvalue weighted by molar-refractivity contribution is 6.06. The number of aromatic amines is 1.